The van der Waals surface area contributed by atoms with E-state index in [0.717, 1.165) is 41.3 Å². The quantitative estimate of drug-likeness (QED) is 0.792. The van der Waals surface area contributed by atoms with Gasteiger partial charge in [0.25, 0.3) is 5.91 Å². The van der Waals surface area contributed by atoms with Crippen LogP contribution in [0.4, 0.5) is 0 Å². The van der Waals surface area contributed by atoms with Crippen molar-refractivity contribution in [3.05, 3.63) is 39.2 Å². The van der Waals surface area contributed by atoms with Crippen LogP contribution >= 0.6 is 0 Å². The van der Waals surface area contributed by atoms with E-state index in [4.69, 9.17) is 9.15 Å². The van der Waals surface area contributed by atoms with Gasteiger partial charge in [-0.15, -0.1) is 0 Å². The summed E-state index contributed by atoms with van der Waals surface area (Å²) in [6.07, 6.45) is 2.55. The Morgan fingerprint density at radius 2 is 1.92 bits per heavy atom. The summed E-state index contributed by atoms with van der Waals surface area (Å²) in [7, 11) is 0. The lowest BCUT2D eigenvalue weighted by molar-refractivity contribution is -0.132. The van der Waals surface area contributed by atoms with Crippen LogP contribution in [-0.2, 0) is 17.6 Å². The van der Waals surface area contributed by atoms with Gasteiger partial charge in [-0.3, -0.25) is 4.79 Å². The topological polar surface area (TPSA) is 59.8 Å². The number of carbonyl (C=O) groups is 1. The Morgan fingerprint density at radius 1 is 1.21 bits per heavy atom. The molecule has 2 aromatic rings. The number of hydrogen-bond acceptors (Lipinski definition) is 4. The van der Waals surface area contributed by atoms with Crippen molar-refractivity contribution < 1.29 is 13.9 Å². The van der Waals surface area contributed by atoms with E-state index in [1.165, 1.54) is 0 Å². The molecular formula is C19H23NO4. The van der Waals surface area contributed by atoms with Gasteiger partial charge >= 0.3 is 5.63 Å². The molecule has 0 unspecified atom stereocenters. The molecule has 24 heavy (non-hydrogen) atoms. The number of likely N-dealkylation sites (N-methyl/N-ethyl adjacent to an activating group) is 1. The normalized spacial score (nSPS) is 13.1. The van der Waals surface area contributed by atoms with E-state index in [-0.39, 0.29) is 18.1 Å². The maximum absolute atomic E-state index is 12.2. The zero-order valence-electron chi connectivity index (χ0n) is 14.5. The summed E-state index contributed by atoms with van der Waals surface area (Å²) in [4.78, 5) is 26.1. The zero-order chi connectivity index (χ0) is 17.3. The molecule has 0 atom stereocenters. The number of rotatable bonds is 5. The van der Waals surface area contributed by atoms with Gasteiger partial charge in [0.1, 0.15) is 11.3 Å². The lowest BCUT2D eigenvalue weighted by atomic mass is 10.0. The van der Waals surface area contributed by atoms with Crippen LogP contribution in [0.5, 0.6) is 5.75 Å². The molecule has 1 amide bonds. The van der Waals surface area contributed by atoms with Crippen LogP contribution < -0.4 is 10.4 Å². The number of fused-ring (bicyclic) bond motifs is 3. The Bertz CT molecular complexity index is 833. The summed E-state index contributed by atoms with van der Waals surface area (Å²) < 4.78 is 11.4. The smallest absolute Gasteiger partial charge is 0.339 e. The first-order valence-corrected chi connectivity index (χ1v) is 8.54. The van der Waals surface area contributed by atoms with Crippen molar-refractivity contribution in [1.82, 2.24) is 4.90 Å². The number of carbonyl (C=O) groups excluding carboxylic acids is 1. The molecule has 0 aliphatic heterocycles. The van der Waals surface area contributed by atoms with Gasteiger partial charge in [-0.25, -0.2) is 4.79 Å². The molecule has 1 aliphatic carbocycles. The molecule has 0 spiro atoms. The second kappa shape index (κ2) is 6.67. The number of ether oxygens (including phenoxy) is 1. The largest absolute Gasteiger partial charge is 0.483 e. The molecule has 5 nitrogen and oxygen atoms in total. The van der Waals surface area contributed by atoms with Gasteiger partial charge in [-0.05, 0) is 63.3 Å². The van der Waals surface area contributed by atoms with Crippen molar-refractivity contribution in [2.75, 3.05) is 19.7 Å². The third-order valence-electron chi connectivity index (χ3n) is 4.65. The third kappa shape index (κ3) is 2.90. The van der Waals surface area contributed by atoms with Crippen LogP contribution in [0.15, 0.2) is 21.3 Å². The molecule has 0 saturated heterocycles. The van der Waals surface area contributed by atoms with E-state index in [2.05, 4.69) is 0 Å². The number of aryl methyl sites for hydroxylation is 2. The minimum absolute atomic E-state index is 0.00582. The molecule has 1 heterocycles. The fourth-order valence-corrected chi connectivity index (χ4v) is 3.43. The highest BCUT2D eigenvalue weighted by atomic mass is 16.5. The van der Waals surface area contributed by atoms with E-state index in [9.17, 15) is 9.59 Å². The van der Waals surface area contributed by atoms with E-state index in [1.54, 1.807) is 4.90 Å². The van der Waals surface area contributed by atoms with Crippen LogP contribution in [0.3, 0.4) is 0 Å². The lowest BCUT2D eigenvalue weighted by Gasteiger charge is -2.19. The second-order valence-electron chi connectivity index (χ2n) is 6.19. The third-order valence-corrected chi connectivity index (χ3v) is 4.65. The molecule has 0 fully saturated rings. The molecule has 0 saturated carbocycles. The van der Waals surface area contributed by atoms with Gasteiger partial charge in [-0.2, -0.15) is 0 Å². The second-order valence-corrected chi connectivity index (χ2v) is 6.19. The van der Waals surface area contributed by atoms with Crippen LogP contribution in [0, 0.1) is 6.92 Å². The van der Waals surface area contributed by atoms with Crippen molar-refractivity contribution in [3.8, 4) is 5.75 Å². The predicted octanol–water partition coefficient (Wildman–Crippen LogP) is 2.84. The molecule has 1 aromatic carbocycles. The lowest BCUT2D eigenvalue weighted by Crippen LogP contribution is -2.34. The highest BCUT2D eigenvalue weighted by molar-refractivity contribution is 5.89. The summed E-state index contributed by atoms with van der Waals surface area (Å²) in [5.74, 6) is 0.594. The maximum Gasteiger partial charge on any atom is 0.339 e. The van der Waals surface area contributed by atoms with Crippen LogP contribution in [-0.4, -0.2) is 30.5 Å². The first kappa shape index (κ1) is 16.6. The SMILES string of the molecule is CCN(CC)C(=O)COc1cc(C)cc2oc(=O)c3c(c12)CCC3. The first-order valence-electron chi connectivity index (χ1n) is 8.54. The Labute approximate surface area is 141 Å². The van der Waals surface area contributed by atoms with Gasteiger partial charge in [0.2, 0.25) is 0 Å². The van der Waals surface area contributed by atoms with E-state index in [1.807, 2.05) is 32.9 Å². The fraction of sp³-hybridized carbons (Fsp3) is 0.474. The van der Waals surface area contributed by atoms with Gasteiger partial charge in [0.15, 0.2) is 6.61 Å². The average molecular weight is 329 g/mol. The maximum atomic E-state index is 12.2. The summed E-state index contributed by atoms with van der Waals surface area (Å²) in [6, 6.07) is 3.77. The molecule has 5 heteroatoms. The monoisotopic (exact) mass is 329 g/mol. The minimum atomic E-state index is -0.245. The Kier molecular flexibility index (Phi) is 4.60. The number of nitrogens with zero attached hydrogens (tertiary/aromatic N) is 1. The summed E-state index contributed by atoms with van der Waals surface area (Å²) in [5, 5.41) is 0.847. The Morgan fingerprint density at radius 3 is 2.62 bits per heavy atom. The molecule has 0 N–H and O–H groups in total. The van der Waals surface area contributed by atoms with Crippen molar-refractivity contribution in [2.45, 2.75) is 40.0 Å². The molecule has 128 valence electrons. The van der Waals surface area contributed by atoms with Gasteiger partial charge in [0, 0.05) is 18.7 Å². The summed E-state index contributed by atoms with van der Waals surface area (Å²) in [6.45, 7) is 7.14. The summed E-state index contributed by atoms with van der Waals surface area (Å²) in [5.41, 5.74) is 3.02. The Hall–Kier alpha value is -2.30. The molecule has 1 aliphatic rings. The van der Waals surface area contributed by atoms with Gasteiger partial charge in [-0.1, -0.05) is 0 Å². The Balaban J connectivity index is 2.00. The number of amides is 1. The molecule has 0 radical (unpaired) electrons. The van der Waals surface area contributed by atoms with E-state index in [0.29, 0.717) is 24.4 Å². The van der Waals surface area contributed by atoms with E-state index < -0.39 is 0 Å². The molecular weight excluding hydrogens is 306 g/mol. The fourth-order valence-electron chi connectivity index (χ4n) is 3.43. The highest BCUT2D eigenvalue weighted by Crippen LogP contribution is 2.35. The van der Waals surface area contributed by atoms with Crippen LogP contribution in [0.1, 0.15) is 37.0 Å². The van der Waals surface area contributed by atoms with Gasteiger partial charge in [0.05, 0.1) is 5.39 Å². The predicted molar refractivity (Wildman–Crippen MR) is 92.7 cm³/mol. The van der Waals surface area contributed by atoms with Crippen LogP contribution in [0.25, 0.3) is 11.0 Å². The standard InChI is InChI=1S/C19H23NO4/c1-4-20(5-2)17(21)11-23-15-9-12(3)10-16-18(15)13-7-6-8-14(13)19(22)24-16/h9-10H,4-8,11H2,1-3H3. The van der Waals surface area contributed by atoms with E-state index >= 15 is 0 Å². The number of benzene rings is 1. The average Bonchev–Trinajstić information content (AvgIpc) is 3.03. The number of hydrogen-bond donors (Lipinski definition) is 0. The molecule has 1 aromatic heterocycles. The van der Waals surface area contributed by atoms with Crippen molar-refractivity contribution >= 4 is 16.9 Å². The minimum Gasteiger partial charge on any atom is -0.483 e. The van der Waals surface area contributed by atoms with Crippen molar-refractivity contribution in [3.63, 3.8) is 0 Å². The zero-order valence-corrected chi connectivity index (χ0v) is 14.5. The van der Waals surface area contributed by atoms with Crippen LogP contribution in [0.2, 0.25) is 0 Å². The first-order chi connectivity index (χ1) is 11.5. The summed E-state index contributed by atoms with van der Waals surface area (Å²) >= 11 is 0. The highest BCUT2D eigenvalue weighted by Gasteiger charge is 2.23. The van der Waals surface area contributed by atoms with Crippen molar-refractivity contribution in [1.29, 1.82) is 0 Å². The molecule has 0 bridgehead atoms. The van der Waals surface area contributed by atoms with Gasteiger partial charge < -0.3 is 14.1 Å². The molecule has 3 rings (SSSR count). The van der Waals surface area contributed by atoms with Crippen molar-refractivity contribution in [2.24, 2.45) is 0 Å².